The Labute approximate surface area is 411 Å². The van der Waals surface area contributed by atoms with Gasteiger partial charge in [0.25, 0.3) is 0 Å². The molecule has 0 spiro atoms. The minimum absolute atomic E-state index is 0.0376. The Kier molecular flexibility index (Phi) is 13.8. The molecule has 3 saturated heterocycles. The lowest BCUT2D eigenvalue weighted by Crippen LogP contribution is -2.58. The molecule has 2 unspecified atom stereocenters. The zero-order valence-electron chi connectivity index (χ0n) is 40.3. The van der Waals surface area contributed by atoms with E-state index in [2.05, 4.69) is 40.9 Å². The lowest BCUT2D eigenvalue weighted by Gasteiger charge is -2.42. The molecule has 6 heterocycles. The molecule has 3 aliphatic heterocycles. The Morgan fingerprint density at radius 3 is 2.27 bits per heavy atom. The summed E-state index contributed by atoms with van der Waals surface area (Å²) in [4.78, 5) is 75.5. The number of carbonyl (C=O) groups is 4. The van der Waals surface area contributed by atoms with Crippen LogP contribution < -0.4 is 31.5 Å². The van der Waals surface area contributed by atoms with E-state index in [1.807, 2.05) is 76.5 Å². The topological polar surface area (TPSA) is 245 Å². The summed E-state index contributed by atoms with van der Waals surface area (Å²) in [6, 6.07) is 13.0. The molecule has 3 aromatic heterocycles. The fourth-order valence-corrected chi connectivity index (χ4v) is 11.5. The molecule has 19 heteroatoms. The van der Waals surface area contributed by atoms with Gasteiger partial charge in [-0.15, -0.1) is 21.5 Å². The molecule has 7 N–H and O–H groups in total. The second-order valence-corrected chi connectivity index (χ2v) is 21.2. The molecule has 0 radical (unpaired) electrons. The molecule has 1 saturated carbocycles. The molecular formula is C51H62N12O6S. The molecule has 1 aliphatic carbocycles. The van der Waals surface area contributed by atoms with E-state index in [1.165, 1.54) is 23.2 Å². The number of β-amino-alcohol motifs (C(OH)–C–C–N with tert-alkyl or cyclic N) is 1. The largest absolute Gasteiger partial charge is 0.507 e. The molecule has 4 amide bonds. The number of aliphatic hydroxyl groups excluding tert-OH is 1. The van der Waals surface area contributed by atoms with Gasteiger partial charge in [-0.3, -0.25) is 19.2 Å². The molecule has 4 fully saturated rings. The number of hydrogen-bond donors (Lipinski definition) is 6. The van der Waals surface area contributed by atoms with E-state index < -0.39 is 35.4 Å². The van der Waals surface area contributed by atoms with Gasteiger partial charge in [0.2, 0.25) is 29.6 Å². The van der Waals surface area contributed by atoms with Gasteiger partial charge in [0.15, 0.2) is 5.82 Å². The second kappa shape index (κ2) is 19.9. The summed E-state index contributed by atoms with van der Waals surface area (Å²) in [5.41, 5.74) is 13.4. The van der Waals surface area contributed by atoms with Gasteiger partial charge >= 0.3 is 0 Å². The third-order valence-corrected chi connectivity index (χ3v) is 15.4. The minimum atomic E-state index is -0.953. The van der Waals surface area contributed by atoms with Gasteiger partial charge in [-0.1, -0.05) is 45.0 Å². The number of benzene rings is 2. The number of amides is 4. The van der Waals surface area contributed by atoms with Crippen LogP contribution in [0.4, 0.5) is 23.1 Å². The second-order valence-electron chi connectivity index (χ2n) is 20.3. The normalized spacial score (nSPS) is 22.7. The van der Waals surface area contributed by atoms with E-state index in [-0.39, 0.29) is 61.0 Å². The van der Waals surface area contributed by atoms with E-state index in [0.29, 0.717) is 47.1 Å². The standard InChI is InChI=1S/C51H62N12O6S/c1-28-44(70-27-56-28)32-14-15-33(39(18-32)57-29(2)64)21-53-48(68)42-19-37(65)26-62(42)49(69)45(51(3,4)5)58-47(67)31-12-10-30(11-13-31)34-22-54-50(55-23-34)63-35-16-17-36(63)25-61(24-35)41-20-40(59-60-46(41)52)38-8-6-7-9-43(38)66/h6-9,14-15,18,20,22-23,27,30-31,35-37,42,45,65-66H,10-13,16-17,19,21,24-26H2,1-5H3,(H2,52,60)(H,53,68)(H,57,64)(H,58,67)/t30-,31-,35?,36?,37-,42+,45-/m1/s1. The van der Waals surface area contributed by atoms with Gasteiger partial charge in [-0.25, -0.2) is 15.0 Å². The van der Waals surface area contributed by atoms with E-state index >= 15 is 0 Å². The number of aromatic nitrogens is 5. The number of nitrogens with zero attached hydrogens (tertiary/aromatic N) is 8. The van der Waals surface area contributed by atoms with Gasteiger partial charge in [-0.2, -0.15) is 0 Å². The van der Waals surface area contributed by atoms with E-state index in [9.17, 15) is 29.4 Å². The lowest BCUT2D eigenvalue weighted by molar-refractivity contribution is -0.144. The minimum Gasteiger partial charge on any atom is -0.507 e. The summed E-state index contributed by atoms with van der Waals surface area (Å²) in [5.74, 6) is -0.239. The Morgan fingerprint density at radius 2 is 1.61 bits per heavy atom. The van der Waals surface area contributed by atoms with Crippen molar-refractivity contribution in [3.05, 3.63) is 83.3 Å². The van der Waals surface area contributed by atoms with Crippen molar-refractivity contribution >= 4 is 58.1 Å². The van der Waals surface area contributed by atoms with Crippen LogP contribution in [0.3, 0.4) is 0 Å². The van der Waals surface area contributed by atoms with Crippen molar-refractivity contribution < 1.29 is 29.4 Å². The zero-order valence-corrected chi connectivity index (χ0v) is 41.1. The highest BCUT2D eigenvalue weighted by molar-refractivity contribution is 7.13. The Morgan fingerprint density at radius 1 is 0.900 bits per heavy atom. The smallest absolute Gasteiger partial charge is 0.246 e. The number of nitrogens with two attached hydrogens (primary N) is 1. The van der Waals surface area contributed by atoms with Crippen LogP contribution in [0.25, 0.3) is 21.7 Å². The number of phenols is 1. The van der Waals surface area contributed by atoms with Crippen LogP contribution in [-0.2, 0) is 25.7 Å². The first-order valence-corrected chi connectivity index (χ1v) is 25.0. The number of fused-ring (bicyclic) bond motifs is 2. The van der Waals surface area contributed by atoms with Crippen molar-refractivity contribution in [1.82, 2.24) is 40.7 Å². The SMILES string of the molecule is CC(=O)Nc1cc(-c2scnc2C)ccc1CNC(=O)[C@@H]1C[C@@H](O)CN1C(=O)[C@@H](NC(=O)[C@H]1CC[C@H](c2cnc(N3C4CCC3CN(c3cc(-c5ccccc5O)nnc3N)C4)nc2)CC1)C(C)(C)C. The number of anilines is 4. The van der Waals surface area contributed by atoms with E-state index in [0.717, 1.165) is 66.2 Å². The molecule has 4 aliphatic rings. The van der Waals surface area contributed by atoms with Crippen LogP contribution in [0, 0.1) is 18.3 Å². The van der Waals surface area contributed by atoms with Crippen LogP contribution in [0.5, 0.6) is 5.75 Å². The first-order valence-electron chi connectivity index (χ1n) is 24.2. The number of para-hydroxylation sites is 1. The third kappa shape index (κ3) is 10.1. The average molecular weight is 971 g/mol. The van der Waals surface area contributed by atoms with Gasteiger partial charge in [0.1, 0.15) is 17.8 Å². The molecule has 5 aromatic rings. The summed E-state index contributed by atoms with van der Waals surface area (Å²) in [7, 11) is 0. The van der Waals surface area contributed by atoms with Crippen LogP contribution in [0.2, 0.25) is 0 Å². The van der Waals surface area contributed by atoms with Crippen molar-refractivity contribution in [2.45, 2.75) is 122 Å². The van der Waals surface area contributed by atoms with Crippen molar-refractivity contribution in [2.24, 2.45) is 11.3 Å². The van der Waals surface area contributed by atoms with Crippen molar-refractivity contribution in [2.75, 3.05) is 40.5 Å². The van der Waals surface area contributed by atoms with Gasteiger partial charge in [0, 0.05) is 81.2 Å². The number of carbonyl (C=O) groups excluding carboxylic acids is 4. The lowest BCUT2D eigenvalue weighted by atomic mass is 9.78. The Balaban J connectivity index is 0.793. The van der Waals surface area contributed by atoms with Gasteiger partial charge < -0.3 is 46.6 Å². The summed E-state index contributed by atoms with van der Waals surface area (Å²) in [6.07, 6.45) is 7.78. The van der Waals surface area contributed by atoms with Gasteiger partial charge in [0.05, 0.1) is 33.6 Å². The van der Waals surface area contributed by atoms with Crippen LogP contribution >= 0.6 is 11.3 Å². The monoisotopic (exact) mass is 970 g/mol. The number of hydrogen-bond acceptors (Lipinski definition) is 15. The predicted octanol–water partition coefficient (Wildman–Crippen LogP) is 5.55. The molecular weight excluding hydrogens is 909 g/mol. The van der Waals surface area contributed by atoms with Crippen molar-refractivity contribution in [1.29, 1.82) is 0 Å². The average Bonchev–Trinajstić information content (AvgIpc) is 4.03. The van der Waals surface area contributed by atoms with Crippen molar-refractivity contribution in [3.8, 4) is 27.4 Å². The number of thiazole rings is 1. The number of phenolic OH excluding ortho intramolecular Hbond substituents is 1. The number of likely N-dealkylation sites (tertiary alicyclic amines) is 1. The Hall–Kier alpha value is -6.73. The predicted molar refractivity (Wildman–Crippen MR) is 268 cm³/mol. The van der Waals surface area contributed by atoms with E-state index in [4.69, 9.17) is 15.7 Å². The highest BCUT2D eigenvalue weighted by atomic mass is 32.1. The van der Waals surface area contributed by atoms with Crippen molar-refractivity contribution in [3.63, 3.8) is 0 Å². The molecule has 2 aromatic carbocycles. The summed E-state index contributed by atoms with van der Waals surface area (Å²) in [5, 5.41) is 38.6. The van der Waals surface area contributed by atoms with Crippen LogP contribution in [-0.4, -0.2) is 114 Å². The highest BCUT2D eigenvalue weighted by Crippen LogP contribution is 2.40. The Bertz CT molecular complexity index is 2740. The number of aromatic hydroxyl groups is 1. The molecule has 2 bridgehead atoms. The fourth-order valence-electron chi connectivity index (χ4n) is 10.7. The number of rotatable bonds is 12. The third-order valence-electron chi connectivity index (χ3n) is 14.4. The quantitative estimate of drug-likeness (QED) is 0.0898. The van der Waals surface area contributed by atoms with Crippen LogP contribution in [0.1, 0.15) is 95.4 Å². The molecule has 5 atom stereocenters. The zero-order chi connectivity index (χ0) is 49.4. The maximum atomic E-state index is 14.4. The summed E-state index contributed by atoms with van der Waals surface area (Å²) < 4.78 is 0. The highest BCUT2D eigenvalue weighted by Gasteiger charge is 2.46. The number of nitrogen functional groups attached to an aromatic ring is 1. The molecule has 9 rings (SSSR count). The van der Waals surface area contributed by atoms with Crippen LogP contribution in [0.15, 0.2) is 66.4 Å². The first-order chi connectivity index (χ1) is 33.5. The summed E-state index contributed by atoms with van der Waals surface area (Å²) in [6.45, 7) is 10.5. The van der Waals surface area contributed by atoms with Gasteiger partial charge in [-0.05, 0) is 97.7 Å². The number of piperazine rings is 1. The first kappa shape index (κ1) is 48.3. The number of aryl methyl sites for hydroxylation is 1. The maximum absolute atomic E-state index is 14.4. The molecule has 368 valence electrons. The number of aliphatic hydroxyl groups is 1. The molecule has 18 nitrogen and oxygen atoms in total. The summed E-state index contributed by atoms with van der Waals surface area (Å²) >= 11 is 1.50. The maximum Gasteiger partial charge on any atom is 0.246 e. The molecule has 70 heavy (non-hydrogen) atoms. The van der Waals surface area contributed by atoms with E-state index in [1.54, 1.807) is 17.6 Å². The number of nitrogens with one attached hydrogen (secondary N) is 3. The fraction of sp³-hybridized carbons (Fsp3) is 0.471.